The third-order valence-electron chi connectivity index (χ3n) is 9.80. The number of benzene rings is 4. The lowest BCUT2D eigenvalue weighted by molar-refractivity contribution is 1.32. The molecule has 0 radical (unpaired) electrons. The topological polar surface area (TPSA) is 73.2 Å². The van der Waals surface area contributed by atoms with Crippen LogP contribution in [0.25, 0.3) is 101 Å². The molecular formula is C46H31N5. The Balaban J connectivity index is 1.44. The van der Waals surface area contributed by atoms with E-state index in [-0.39, 0.29) is 0 Å². The van der Waals surface area contributed by atoms with Gasteiger partial charge in [-0.05, 0) is 58.7 Å². The van der Waals surface area contributed by atoms with Gasteiger partial charge in [-0.25, -0.2) is 9.97 Å². The van der Waals surface area contributed by atoms with Crippen LogP contribution < -0.4 is 0 Å². The zero-order valence-corrected chi connectivity index (χ0v) is 27.6. The first kappa shape index (κ1) is 29.0. The highest BCUT2D eigenvalue weighted by Crippen LogP contribution is 2.46. The Labute approximate surface area is 294 Å². The number of fused-ring (bicyclic) bond motifs is 11. The van der Waals surface area contributed by atoms with E-state index in [1.54, 1.807) is 0 Å². The van der Waals surface area contributed by atoms with Gasteiger partial charge in [-0.2, -0.15) is 0 Å². The van der Waals surface area contributed by atoms with Gasteiger partial charge in [-0.3, -0.25) is 0 Å². The maximum Gasteiger partial charge on any atom is 0.0831 e. The quantitative estimate of drug-likeness (QED) is 0.177. The van der Waals surface area contributed by atoms with Crippen molar-refractivity contribution >= 4 is 34.2 Å². The van der Waals surface area contributed by atoms with E-state index in [0.29, 0.717) is 0 Å². The van der Waals surface area contributed by atoms with Gasteiger partial charge in [0.1, 0.15) is 0 Å². The van der Waals surface area contributed by atoms with Crippen LogP contribution in [0.5, 0.6) is 0 Å². The van der Waals surface area contributed by atoms with Gasteiger partial charge >= 0.3 is 0 Å². The first-order valence-electron chi connectivity index (χ1n) is 17.2. The first-order chi connectivity index (χ1) is 25.3. The Morgan fingerprint density at radius 3 is 1.04 bits per heavy atom. The summed E-state index contributed by atoms with van der Waals surface area (Å²) < 4.78 is 0. The Morgan fingerprint density at radius 1 is 0.333 bits per heavy atom. The van der Waals surface area contributed by atoms with Crippen molar-refractivity contribution in [3.63, 3.8) is 0 Å². The predicted molar refractivity (Wildman–Crippen MR) is 210 cm³/mol. The second-order valence-electron chi connectivity index (χ2n) is 12.8. The summed E-state index contributed by atoms with van der Waals surface area (Å²) in [6, 6.07) is 50.8. The highest BCUT2D eigenvalue weighted by Gasteiger charge is 2.26. The van der Waals surface area contributed by atoms with Crippen molar-refractivity contribution in [3.05, 3.63) is 169 Å². The second-order valence-corrected chi connectivity index (χ2v) is 12.8. The fourth-order valence-corrected chi connectivity index (χ4v) is 7.52. The largest absolute Gasteiger partial charge is 0.366 e. The average Bonchev–Trinajstić information content (AvgIpc) is 4.03. The highest BCUT2D eigenvalue weighted by molar-refractivity contribution is 6.04. The van der Waals surface area contributed by atoms with E-state index >= 15 is 0 Å². The van der Waals surface area contributed by atoms with E-state index in [0.717, 1.165) is 100 Å². The van der Waals surface area contributed by atoms with E-state index in [1.807, 2.05) is 0 Å². The number of nitrogens with zero attached hydrogens (tertiary/aromatic N) is 2. The lowest BCUT2D eigenvalue weighted by Gasteiger charge is -2.07. The molecule has 8 aromatic rings. The number of nitrogens with one attached hydrogen (secondary N) is 3. The van der Waals surface area contributed by atoms with Crippen molar-refractivity contribution in [1.29, 1.82) is 0 Å². The van der Waals surface area contributed by atoms with Crippen LogP contribution in [0, 0.1) is 0 Å². The first-order valence-corrected chi connectivity index (χ1v) is 17.2. The lowest BCUT2D eigenvalue weighted by Crippen LogP contribution is -1.89. The maximum absolute atomic E-state index is 5.57. The summed E-state index contributed by atoms with van der Waals surface area (Å²) in [6.07, 6.45) is 8.42. The monoisotopic (exact) mass is 653 g/mol. The lowest BCUT2D eigenvalue weighted by atomic mass is 9.98. The maximum atomic E-state index is 5.57. The molecule has 4 aromatic carbocycles. The molecule has 240 valence electrons. The molecule has 6 heterocycles. The summed E-state index contributed by atoms with van der Waals surface area (Å²) >= 11 is 0. The van der Waals surface area contributed by atoms with Gasteiger partial charge in [0.25, 0.3) is 0 Å². The van der Waals surface area contributed by atoms with Gasteiger partial charge in [0.2, 0.25) is 0 Å². The molecule has 0 spiro atoms. The number of aromatic nitrogens is 5. The zero-order valence-electron chi connectivity index (χ0n) is 27.6. The Morgan fingerprint density at radius 2 is 0.667 bits per heavy atom. The second kappa shape index (κ2) is 11.9. The average molecular weight is 654 g/mol. The molecule has 8 bridgehead atoms. The van der Waals surface area contributed by atoms with Crippen LogP contribution in [0.3, 0.4) is 0 Å². The molecule has 0 amide bonds. The van der Waals surface area contributed by atoms with Crippen LogP contribution in [0.1, 0.15) is 11.4 Å². The standard InChI is InChI=1S/C46H31N5/c1-5-13-29(14-6-1)41-35-21-22-36(48-35)42(30-15-7-2-8-16-30)38-24-26-40(50-38)44(32-19-11-4-12-20-32)46-34-28-47-27-33(34)45(51-46)43(31-17-9-3-10-18-31)39-25-23-37(41)49-39/h1-28,47,49-50H. The molecule has 5 heteroatoms. The minimum atomic E-state index is 0.899. The molecule has 0 saturated heterocycles. The molecule has 0 saturated carbocycles. The van der Waals surface area contributed by atoms with E-state index in [4.69, 9.17) is 9.97 Å². The fourth-order valence-electron chi connectivity index (χ4n) is 7.52. The molecule has 51 heavy (non-hydrogen) atoms. The molecule has 0 aliphatic carbocycles. The molecular weight excluding hydrogens is 623 g/mol. The summed E-state index contributed by atoms with van der Waals surface area (Å²) in [7, 11) is 0. The van der Waals surface area contributed by atoms with Crippen molar-refractivity contribution < 1.29 is 0 Å². The van der Waals surface area contributed by atoms with Crippen LogP contribution in [0.15, 0.2) is 158 Å². The van der Waals surface area contributed by atoms with Crippen LogP contribution in [0.2, 0.25) is 0 Å². The minimum absolute atomic E-state index is 0.899. The van der Waals surface area contributed by atoms with E-state index in [2.05, 4.69) is 185 Å². The highest BCUT2D eigenvalue weighted by atomic mass is 14.8. The number of hydrogen-bond acceptors (Lipinski definition) is 2. The van der Waals surface area contributed by atoms with Crippen LogP contribution >= 0.6 is 0 Å². The van der Waals surface area contributed by atoms with E-state index in [9.17, 15) is 0 Å². The normalized spacial score (nSPS) is 11.8. The summed E-state index contributed by atoms with van der Waals surface area (Å²) in [4.78, 5) is 22.1. The zero-order chi connectivity index (χ0) is 33.7. The third kappa shape index (κ3) is 4.86. The smallest absolute Gasteiger partial charge is 0.0831 e. The van der Waals surface area contributed by atoms with Gasteiger partial charge in [-0.1, -0.05) is 121 Å². The SMILES string of the molecule is C1=Cc2nc1c(-c1ccccc1)c1ccc([nH]1)c(-c1ccccc1)c1nc(c(-c3ccccc3)c3ccc([nH]3)c2-c2ccccc2)-c2c[nH]cc2-1. The minimum Gasteiger partial charge on any atom is -0.366 e. The van der Waals surface area contributed by atoms with E-state index < -0.39 is 0 Å². The molecule has 0 fully saturated rings. The number of aromatic amines is 3. The Hall–Kier alpha value is -6.98. The molecule has 2 aliphatic heterocycles. The number of hydrogen-bond donors (Lipinski definition) is 3. The van der Waals surface area contributed by atoms with E-state index in [1.165, 1.54) is 0 Å². The summed E-state index contributed by atoms with van der Waals surface area (Å²) in [6.45, 7) is 0. The third-order valence-corrected chi connectivity index (χ3v) is 9.80. The number of rotatable bonds is 4. The fraction of sp³-hybridized carbons (Fsp3) is 0. The number of H-pyrrole nitrogens is 3. The van der Waals surface area contributed by atoms with Gasteiger partial charge in [0.15, 0.2) is 0 Å². The van der Waals surface area contributed by atoms with Crippen molar-refractivity contribution in [3.8, 4) is 67.0 Å². The molecule has 3 N–H and O–H groups in total. The van der Waals surface area contributed by atoms with Gasteiger partial charge in [0, 0.05) is 67.8 Å². The predicted octanol–water partition coefficient (Wildman–Crippen LogP) is 11.8. The van der Waals surface area contributed by atoms with Gasteiger partial charge in [-0.15, -0.1) is 0 Å². The molecule has 5 nitrogen and oxygen atoms in total. The Bertz CT molecular complexity index is 2580. The van der Waals surface area contributed by atoms with Crippen LogP contribution in [-0.4, -0.2) is 24.9 Å². The molecule has 4 aromatic heterocycles. The van der Waals surface area contributed by atoms with Crippen LogP contribution in [-0.2, 0) is 0 Å². The van der Waals surface area contributed by atoms with Crippen molar-refractivity contribution in [2.24, 2.45) is 0 Å². The van der Waals surface area contributed by atoms with Crippen molar-refractivity contribution in [2.75, 3.05) is 0 Å². The molecule has 0 atom stereocenters. The Kier molecular flexibility index (Phi) is 6.74. The van der Waals surface area contributed by atoms with Crippen molar-refractivity contribution in [1.82, 2.24) is 24.9 Å². The molecule has 10 rings (SSSR count). The van der Waals surface area contributed by atoms with Gasteiger partial charge in [0.05, 0.1) is 22.8 Å². The van der Waals surface area contributed by atoms with Crippen LogP contribution in [0.4, 0.5) is 0 Å². The molecule has 2 aliphatic rings. The van der Waals surface area contributed by atoms with Gasteiger partial charge < -0.3 is 15.0 Å². The molecule has 0 unspecified atom stereocenters. The van der Waals surface area contributed by atoms with Crippen molar-refractivity contribution in [2.45, 2.75) is 0 Å². The summed E-state index contributed by atoms with van der Waals surface area (Å²) in [5, 5.41) is 0. The summed E-state index contributed by atoms with van der Waals surface area (Å²) in [5.41, 5.74) is 18.2. The summed E-state index contributed by atoms with van der Waals surface area (Å²) in [5.74, 6) is 0.